The molecule has 28 heavy (non-hydrogen) atoms. The van der Waals surface area contributed by atoms with Gasteiger partial charge >= 0.3 is 0 Å². The zero-order chi connectivity index (χ0) is 19.7. The molecule has 8 heteroatoms. The maximum absolute atomic E-state index is 13.0. The lowest BCUT2D eigenvalue weighted by atomic mass is 10.1. The van der Waals surface area contributed by atoms with E-state index in [-0.39, 0.29) is 30.8 Å². The molecule has 1 N–H and O–H groups in total. The Hall–Kier alpha value is -3.55. The summed E-state index contributed by atoms with van der Waals surface area (Å²) in [5.74, 6) is 0.147. The minimum absolute atomic E-state index is 0.0638. The summed E-state index contributed by atoms with van der Waals surface area (Å²) in [6.45, 7) is 3.80. The molecule has 0 aliphatic carbocycles. The minimum atomic E-state index is -0.281. The lowest BCUT2D eigenvalue weighted by molar-refractivity contribution is -0.120. The SMILES string of the molecule is Cc1ccc(-c2nnn(CC(=O)N3c4ccccc4NC(=O)C[C@@H]3C)n2)cc1. The Kier molecular flexibility index (Phi) is 4.60. The molecule has 1 aliphatic heterocycles. The summed E-state index contributed by atoms with van der Waals surface area (Å²) in [5, 5.41) is 15.2. The molecule has 0 fully saturated rings. The molecule has 4 rings (SSSR count). The molecule has 3 aromatic rings. The molecule has 142 valence electrons. The fourth-order valence-corrected chi connectivity index (χ4v) is 3.29. The summed E-state index contributed by atoms with van der Waals surface area (Å²) < 4.78 is 0. The Morgan fingerprint density at radius 3 is 2.71 bits per heavy atom. The Morgan fingerprint density at radius 1 is 1.18 bits per heavy atom. The first-order valence-corrected chi connectivity index (χ1v) is 9.07. The molecule has 1 atom stereocenters. The number of aromatic nitrogens is 4. The number of rotatable bonds is 3. The quantitative estimate of drug-likeness (QED) is 0.758. The second-order valence-corrected chi connectivity index (χ2v) is 6.89. The number of anilines is 2. The molecule has 0 spiro atoms. The number of aryl methyl sites for hydroxylation is 1. The van der Waals surface area contributed by atoms with E-state index in [1.165, 1.54) is 4.80 Å². The van der Waals surface area contributed by atoms with E-state index in [1.807, 2.05) is 56.3 Å². The van der Waals surface area contributed by atoms with Gasteiger partial charge in [-0.1, -0.05) is 42.0 Å². The Bertz CT molecular complexity index is 1030. The number of hydrogen-bond donors (Lipinski definition) is 1. The lowest BCUT2D eigenvalue weighted by Crippen LogP contribution is -2.41. The first kappa shape index (κ1) is 17.8. The van der Waals surface area contributed by atoms with Crippen LogP contribution in [0, 0.1) is 6.92 Å². The molecule has 1 aliphatic rings. The summed E-state index contributed by atoms with van der Waals surface area (Å²) in [6, 6.07) is 14.8. The number of hydrogen-bond acceptors (Lipinski definition) is 5. The summed E-state index contributed by atoms with van der Waals surface area (Å²) in [7, 11) is 0. The van der Waals surface area contributed by atoms with Crippen LogP contribution in [0.5, 0.6) is 0 Å². The van der Waals surface area contributed by atoms with Crippen molar-refractivity contribution in [3.63, 3.8) is 0 Å². The van der Waals surface area contributed by atoms with Crippen LogP contribution in [-0.4, -0.2) is 38.1 Å². The summed E-state index contributed by atoms with van der Waals surface area (Å²) in [6.07, 6.45) is 0.222. The van der Waals surface area contributed by atoms with Gasteiger partial charge in [0.25, 0.3) is 5.91 Å². The van der Waals surface area contributed by atoms with Crippen molar-refractivity contribution >= 4 is 23.2 Å². The lowest BCUT2D eigenvalue weighted by Gasteiger charge is -2.27. The summed E-state index contributed by atoms with van der Waals surface area (Å²) in [4.78, 5) is 28.0. The second kappa shape index (κ2) is 7.22. The predicted octanol–water partition coefficient (Wildman–Crippen LogP) is 2.41. The van der Waals surface area contributed by atoms with E-state index in [1.54, 1.807) is 11.0 Å². The fraction of sp³-hybridized carbons (Fsp3) is 0.250. The fourth-order valence-electron chi connectivity index (χ4n) is 3.29. The van der Waals surface area contributed by atoms with E-state index in [9.17, 15) is 9.59 Å². The number of carbonyl (C=O) groups excluding carboxylic acids is 2. The van der Waals surface area contributed by atoms with E-state index in [0.717, 1.165) is 11.1 Å². The van der Waals surface area contributed by atoms with Crippen molar-refractivity contribution in [3.05, 3.63) is 54.1 Å². The molecule has 2 heterocycles. The molecular weight excluding hydrogens is 356 g/mol. The average molecular weight is 376 g/mol. The number of nitrogens with zero attached hydrogens (tertiary/aromatic N) is 5. The number of fused-ring (bicyclic) bond motifs is 1. The normalized spacial score (nSPS) is 16.3. The number of benzene rings is 2. The zero-order valence-corrected chi connectivity index (χ0v) is 15.7. The molecule has 2 amide bonds. The predicted molar refractivity (Wildman–Crippen MR) is 105 cm³/mol. The van der Waals surface area contributed by atoms with Gasteiger partial charge in [-0.3, -0.25) is 9.59 Å². The minimum Gasteiger partial charge on any atom is -0.324 e. The van der Waals surface area contributed by atoms with E-state index < -0.39 is 0 Å². The highest BCUT2D eigenvalue weighted by molar-refractivity contribution is 6.04. The first-order valence-electron chi connectivity index (χ1n) is 9.07. The molecular formula is C20H20N6O2. The third-order valence-corrected chi connectivity index (χ3v) is 4.67. The van der Waals surface area contributed by atoms with E-state index >= 15 is 0 Å². The van der Waals surface area contributed by atoms with Gasteiger partial charge in [-0.15, -0.1) is 10.2 Å². The van der Waals surface area contributed by atoms with Crippen molar-refractivity contribution in [3.8, 4) is 11.4 Å². The number of carbonyl (C=O) groups is 2. The maximum atomic E-state index is 13.0. The van der Waals surface area contributed by atoms with Gasteiger partial charge in [0.2, 0.25) is 11.7 Å². The summed E-state index contributed by atoms with van der Waals surface area (Å²) in [5.41, 5.74) is 3.28. The van der Waals surface area contributed by atoms with Crippen LogP contribution >= 0.6 is 0 Å². The number of para-hydroxylation sites is 2. The Morgan fingerprint density at radius 2 is 1.93 bits per heavy atom. The van der Waals surface area contributed by atoms with Crippen molar-refractivity contribution in [1.82, 2.24) is 20.2 Å². The molecule has 0 saturated heterocycles. The van der Waals surface area contributed by atoms with Gasteiger partial charge in [-0.05, 0) is 31.2 Å². The van der Waals surface area contributed by atoms with Gasteiger partial charge in [0.15, 0.2) is 0 Å². The molecule has 0 bridgehead atoms. The van der Waals surface area contributed by atoms with Crippen LogP contribution in [0.2, 0.25) is 0 Å². The molecule has 2 aromatic carbocycles. The van der Waals surface area contributed by atoms with Crippen LogP contribution < -0.4 is 10.2 Å². The van der Waals surface area contributed by atoms with Crippen LogP contribution in [0.1, 0.15) is 18.9 Å². The van der Waals surface area contributed by atoms with Gasteiger partial charge in [-0.2, -0.15) is 4.80 Å². The van der Waals surface area contributed by atoms with Crippen molar-refractivity contribution in [2.45, 2.75) is 32.9 Å². The molecule has 0 saturated carbocycles. The van der Waals surface area contributed by atoms with Crippen molar-refractivity contribution in [2.75, 3.05) is 10.2 Å². The average Bonchev–Trinajstić information content (AvgIpc) is 3.07. The molecule has 0 radical (unpaired) electrons. The highest BCUT2D eigenvalue weighted by Gasteiger charge is 2.30. The van der Waals surface area contributed by atoms with E-state index in [0.29, 0.717) is 17.2 Å². The Balaban J connectivity index is 1.58. The van der Waals surface area contributed by atoms with Crippen molar-refractivity contribution in [2.24, 2.45) is 0 Å². The maximum Gasteiger partial charge on any atom is 0.250 e. The summed E-state index contributed by atoms with van der Waals surface area (Å²) >= 11 is 0. The van der Waals surface area contributed by atoms with Crippen molar-refractivity contribution in [1.29, 1.82) is 0 Å². The Labute approximate surface area is 162 Å². The third kappa shape index (κ3) is 3.48. The van der Waals surface area contributed by atoms with Crippen LogP contribution in [-0.2, 0) is 16.1 Å². The standard InChI is InChI=1S/C20H20N6O2/c1-13-7-9-15(10-8-13)20-22-24-25(23-20)12-19(28)26-14(2)11-18(27)21-16-5-3-4-6-17(16)26/h3-10,14H,11-12H2,1-2H3,(H,21,27)/t14-/m0/s1. The van der Waals surface area contributed by atoms with Gasteiger partial charge in [0.1, 0.15) is 6.54 Å². The molecule has 1 aromatic heterocycles. The van der Waals surface area contributed by atoms with Crippen LogP contribution in [0.15, 0.2) is 48.5 Å². The van der Waals surface area contributed by atoms with Gasteiger partial charge in [0, 0.05) is 18.0 Å². The van der Waals surface area contributed by atoms with E-state index in [2.05, 4.69) is 20.7 Å². The van der Waals surface area contributed by atoms with Gasteiger partial charge < -0.3 is 10.2 Å². The zero-order valence-electron chi connectivity index (χ0n) is 15.7. The largest absolute Gasteiger partial charge is 0.324 e. The highest BCUT2D eigenvalue weighted by atomic mass is 16.2. The third-order valence-electron chi connectivity index (χ3n) is 4.67. The monoisotopic (exact) mass is 376 g/mol. The first-order chi connectivity index (χ1) is 13.5. The van der Waals surface area contributed by atoms with Gasteiger partial charge in [-0.25, -0.2) is 0 Å². The van der Waals surface area contributed by atoms with E-state index in [4.69, 9.17) is 0 Å². The number of tetrazole rings is 1. The van der Waals surface area contributed by atoms with Crippen LogP contribution in [0.3, 0.4) is 0 Å². The topological polar surface area (TPSA) is 93.0 Å². The number of amides is 2. The van der Waals surface area contributed by atoms with Gasteiger partial charge in [0.05, 0.1) is 11.4 Å². The smallest absolute Gasteiger partial charge is 0.250 e. The highest BCUT2D eigenvalue weighted by Crippen LogP contribution is 2.31. The number of nitrogens with one attached hydrogen (secondary N) is 1. The molecule has 0 unspecified atom stereocenters. The van der Waals surface area contributed by atoms with Crippen LogP contribution in [0.4, 0.5) is 11.4 Å². The molecule has 8 nitrogen and oxygen atoms in total. The van der Waals surface area contributed by atoms with Crippen LogP contribution in [0.25, 0.3) is 11.4 Å². The second-order valence-electron chi connectivity index (χ2n) is 6.89. The van der Waals surface area contributed by atoms with Crippen molar-refractivity contribution < 1.29 is 9.59 Å².